The fraction of sp³-hybridized carbons (Fsp3) is 0.278. The molecule has 3 N–H and O–H groups in total. The monoisotopic (exact) mass is 394 g/mol. The Labute approximate surface area is 158 Å². The molecule has 1 fully saturated rings. The number of halogens is 2. The summed E-state index contributed by atoms with van der Waals surface area (Å²) in [6.45, 7) is 0.417. The molecule has 0 aliphatic carbocycles. The lowest BCUT2D eigenvalue weighted by molar-refractivity contribution is -0.148. The fourth-order valence-corrected chi connectivity index (χ4v) is 3.16. The maximum Gasteiger partial charge on any atom is 0.354 e. The van der Waals surface area contributed by atoms with Crippen LogP contribution in [0.4, 0.5) is 15.8 Å². The Morgan fingerprint density at radius 1 is 1.19 bits per heavy atom. The lowest BCUT2D eigenvalue weighted by atomic mass is 9.76. The van der Waals surface area contributed by atoms with Gasteiger partial charge in [0.1, 0.15) is 16.9 Å². The topological polar surface area (TPSA) is 109 Å². The number of anilines is 2. The average molecular weight is 395 g/mol. The summed E-state index contributed by atoms with van der Waals surface area (Å²) in [5.74, 6) is -3.03. The van der Waals surface area contributed by atoms with E-state index in [-0.39, 0.29) is 48.2 Å². The normalized spacial score (nSPS) is 15.9. The third kappa shape index (κ3) is 3.72. The molecule has 0 spiro atoms. The van der Waals surface area contributed by atoms with Crippen molar-refractivity contribution in [3.05, 3.63) is 52.6 Å². The van der Waals surface area contributed by atoms with Crippen molar-refractivity contribution in [3.8, 4) is 0 Å². The number of aliphatic carboxylic acids is 1. The van der Waals surface area contributed by atoms with Crippen molar-refractivity contribution in [2.45, 2.75) is 18.3 Å². The van der Waals surface area contributed by atoms with Crippen LogP contribution < -0.4 is 5.32 Å². The number of benzene rings is 1. The van der Waals surface area contributed by atoms with E-state index < -0.39 is 23.2 Å². The minimum atomic E-state index is -1.41. The Kier molecular flexibility index (Phi) is 5.29. The highest BCUT2D eigenvalue weighted by Crippen LogP contribution is 2.39. The van der Waals surface area contributed by atoms with Gasteiger partial charge in [-0.2, -0.15) is 0 Å². The van der Waals surface area contributed by atoms with E-state index in [4.69, 9.17) is 16.3 Å². The van der Waals surface area contributed by atoms with Gasteiger partial charge in [0.25, 0.3) is 0 Å². The quantitative estimate of drug-likeness (QED) is 0.712. The smallest absolute Gasteiger partial charge is 0.354 e. The lowest BCUT2D eigenvalue weighted by Gasteiger charge is -2.34. The van der Waals surface area contributed by atoms with Gasteiger partial charge in [-0.3, -0.25) is 4.79 Å². The summed E-state index contributed by atoms with van der Waals surface area (Å²) < 4.78 is 19.0. The standard InChI is InChI=1S/C18H16ClFN2O5/c19-11-2-1-10(9-12(11)20)21-13-3-4-14(16(23)24)22-15(13)18(17(25)26)5-7-27-8-6-18/h1-4,9,21H,5-8H2,(H,23,24)(H,25,26). The van der Waals surface area contributed by atoms with Crippen LogP contribution >= 0.6 is 11.6 Å². The van der Waals surface area contributed by atoms with Gasteiger partial charge in [-0.1, -0.05) is 11.6 Å². The molecule has 0 amide bonds. The SMILES string of the molecule is O=C(O)c1ccc(Nc2ccc(Cl)c(F)c2)c(C2(C(=O)O)CCOCC2)n1. The molecule has 9 heteroatoms. The first kappa shape index (κ1) is 19.1. The van der Waals surface area contributed by atoms with E-state index in [1.54, 1.807) is 0 Å². The number of nitrogens with one attached hydrogen (secondary N) is 1. The predicted octanol–water partition coefficient (Wildman–Crippen LogP) is 3.45. The highest BCUT2D eigenvalue weighted by Gasteiger charge is 2.45. The molecule has 1 aliphatic rings. The highest BCUT2D eigenvalue weighted by molar-refractivity contribution is 6.30. The van der Waals surface area contributed by atoms with Crippen LogP contribution in [0.1, 0.15) is 29.0 Å². The summed E-state index contributed by atoms with van der Waals surface area (Å²) in [4.78, 5) is 27.6. The Bertz CT molecular complexity index is 899. The Balaban J connectivity index is 2.11. The van der Waals surface area contributed by atoms with E-state index in [1.165, 1.54) is 24.3 Å². The molecular formula is C18H16ClFN2O5. The van der Waals surface area contributed by atoms with Crippen LogP contribution in [0.25, 0.3) is 0 Å². The Hall–Kier alpha value is -2.71. The van der Waals surface area contributed by atoms with Gasteiger partial charge in [0.15, 0.2) is 0 Å². The first-order chi connectivity index (χ1) is 12.8. The van der Waals surface area contributed by atoms with Crippen molar-refractivity contribution in [1.29, 1.82) is 0 Å². The van der Waals surface area contributed by atoms with E-state index >= 15 is 0 Å². The summed E-state index contributed by atoms with van der Waals surface area (Å²) in [6, 6.07) is 6.74. The number of carboxylic acid groups (broad SMARTS) is 2. The van der Waals surface area contributed by atoms with Gasteiger partial charge < -0.3 is 20.3 Å². The van der Waals surface area contributed by atoms with E-state index in [0.717, 1.165) is 6.07 Å². The van der Waals surface area contributed by atoms with Crippen LogP contribution in [0.3, 0.4) is 0 Å². The van der Waals surface area contributed by atoms with Gasteiger partial charge in [0.05, 0.1) is 16.4 Å². The van der Waals surface area contributed by atoms with Gasteiger partial charge in [0, 0.05) is 18.9 Å². The summed E-state index contributed by atoms with van der Waals surface area (Å²) >= 11 is 5.68. The second-order valence-corrected chi connectivity index (χ2v) is 6.56. The molecule has 1 aliphatic heterocycles. The predicted molar refractivity (Wildman–Crippen MR) is 95.3 cm³/mol. The van der Waals surface area contributed by atoms with Crippen LogP contribution in [0.2, 0.25) is 5.02 Å². The molecule has 1 aromatic carbocycles. The van der Waals surface area contributed by atoms with Crippen molar-refractivity contribution in [1.82, 2.24) is 4.98 Å². The van der Waals surface area contributed by atoms with Crippen molar-refractivity contribution >= 4 is 34.9 Å². The minimum absolute atomic E-state index is 0.0495. The molecule has 7 nitrogen and oxygen atoms in total. The molecule has 3 rings (SSSR count). The molecule has 2 heterocycles. The number of hydrogen-bond acceptors (Lipinski definition) is 5. The number of pyridine rings is 1. The number of aromatic carboxylic acids is 1. The van der Waals surface area contributed by atoms with Gasteiger partial charge in [-0.15, -0.1) is 0 Å². The third-order valence-corrected chi connectivity index (χ3v) is 4.83. The number of carboxylic acids is 2. The van der Waals surface area contributed by atoms with Crippen LogP contribution in [-0.4, -0.2) is 40.3 Å². The van der Waals surface area contributed by atoms with Gasteiger partial charge in [-0.05, 0) is 43.2 Å². The summed E-state index contributed by atoms with van der Waals surface area (Å²) in [6.07, 6.45) is 0.282. The molecule has 0 unspecified atom stereocenters. The highest BCUT2D eigenvalue weighted by atomic mass is 35.5. The molecule has 2 aromatic rings. The molecule has 0 saturated carbocycles. The van der Waals surface area contributed by atoms with Gasteiger partial charge in [-0.25, -0.2) is 14.2 Å². The largest absolute Gasteiger partial charge is 0.481 e. The van der Waals surface area contributed by atoms with E-state index in [0.29, 0.717) is 5.69 Å². The van der Waals surface area contributed by atoms with Crippen molar-refractivity contribution < 1.29 is 28.9 Å². The zero-order valence-electron chi connectivity index (χ0n) is 14.0. The average Bonchev–Trinajstić information content (AvgIpc) is 2.65. The summed E-state index contributed by atoms with van der Waals surface area (Å²) in [5, 5.41) is 22.0. The van der Waals surface area contributed by atoms with Crippen LogP contribution in [0, 0.1) is 5.82 Å². The van der Waals surface area contributed by atoms with E-state index in [2.05, 4.69) is 10.3 Å². The van der Waals surface area contributed by atoms with Gasteiger partial charge >= 0.3 is 11.9 Å². The van der Waals surface area contributed by atoms with E-state index in [9.17, 15) is 24.2 Å². The number of ether oxygens (including phenoxy) is 1. The fourth-order valence-electron chi connectivity index (χ4n) is 3.05. The van der Waals surface area contributed by atoms with E-state index in [1.807, 2.05) is 0 Å². The molecule has 0 radical (unpaired) electrons. The van der Waals surface area contributed by atoms with Crippen LogP contribution in [-0.2, 0) is 14.9 Å². The first-order valence-corrected chi connectivity index (χ1v) is 8.49. The van der Waals surface area contributed by atoms with Crippen LogP contribution in [0.15, 0.2) is 30.3 Å². The maximum atomic E-state index is 13.7. The minimum Gasteiger partial charge on any atom is -0.481 e. The Morgan fingerprint density at radius 3 is 2.48 bits per heavy atom. The number of nitrogens with zero attached hydrogens (tertiary/aromatic N) is 1. The number of aromatic nitrogens is 1. The zero-order chi connectivity index (χ0) is 19.6. The molecule has 0 atom stereocenters. The molecule has 1 aromatic heterocycles. The second kappa shape index (κ2) is 7.50. The van der Waals surface area contributed by atoms with Crippen molar-refractivity contribution in [2.75, 3.05) is 18.5 Å². The summed E-state index contributed by atoms with van der Waals surface area (Å²) in [5.41, 5.74) is -0.989. The van der Waals surface area contributed by atoms with Gasteiger partial charge in [0.2, 0.25) is 0 Å². The molecular weight excluding hydrogens is 379 g/mol. The number of hydrogen-bond donors (Lipinski definition) is 3. The number of carbonyl (C=O) groups is 2. The molecule has 0 bridgehead atoms. The third-order valence-electron chi connectivity index (χ3n) is 4.52. The lowest BCUT2D eigenvalue weighted by Crippen LogP contribution is -2.42. The van der Waals surface area contributed by atoms with Crippen LogP contribution in [0.5, 0.6) is 0 Å². The molecule has 142 valence electrons. The summed E-state index contributed by atoms with van der Waals surface area (Å²) in [7, 11) is 0. The first-order valence-electron chi connectivity index (χ1n) is 8.11. The molecule has 1 saturated heterocycles. The maximum absolute atomic E-state index is 13.7. The second-order valence-electron chi connectivity index (χ2n) is 6.15. The Morgan fingerprint density at radius 2 is 1.89 bits per heavy atom. The van der Waals surface area contributed by atoms with Crippen molar-refractivity contribution in [2.24, 2.45) is 0 Å². The zero-order valence-corrected chi connectivity index (χ0v) is 14.8. The number of rotatable bonds is 5. The molecule has 27 heavy (non-hydrogen) atoms. The van der Waals surface area contributed by atoms with Crippen molar-refractivity contribution in [3.63, 3.8) is 0 Å².